The average Bonchev–Trinajstić information content (AvgIpc) is 2.23. The van der Waals surface area contributed by atoms with E-state index in [1.165, 1.54) is 5.56 Å². The van der Waals surface area contributed by atoms with Crippen LogP contribution in [0, 0.1) is 20.8 Å². The molecule has 1 amide bonds. The van der Waals surface area contributed by atoms with Crippen molar-refractivity contribution in [3.8, 4) is 0 Å². The van der Waals surface area contributed by atoms with Crippen molar-refractivity contribution in [2.45, 2.75) is 33.6 Å². The van der Waals surface area contributed by atoms with Gasteiger partial charge in [0.25, 0.3) is 5.91 Å². The fraction of sp³-hybridized carbons (Fsp3) is 0.500. The monoisotopic (exact) mass is 253 g/mol. The Hall–Kier alpha value is -1.02. The Morgan fingerprint density at radius 1 is 1.18 bits per heavy atom. The Morgan fingerprint density at radius 2 is 1.76 bits per heavy atom. The van der Waals surface area contributed by atoms with Crippen molar-refractivity contribution >= 4 is 17.5 Å². The molecular formula is C14H20ClNO. The summed E-state index contributed by atoms with van der Waals surface area (Å²) < 4.78 is 0. The molecule has 1 aromatic carbocycles. The maximum atomic E-state index is 12.0. The minimum atomic E-state index is 0.0228. The lowest BCUT2D eigenvalue weighted by Crippen LogP contribution is -2.26. The zero-order valence-corrected chi connectivity index (χ0v) is 11.5. The fourth-order valence-corrected chi connectivity index (χ4v) is 2.24. The number of benzene rings is 1. The Morgan fingerprint density at radius 3 is 2.29 bits per heavy atom. The second-order valence-corrected chi connectivity index (χ2v) is 4.80. The number of halogens is 1. The van der Waals surface area contributed by atoms with Crippen molar-refractivity contribution in [1.82, 2.24) is 5.32 Å². The first-order chi connectivity index (χ1) is 8.06. The summed E-state index contributed by atoms with van der Waals surface area (Å²) in [7, 11) is 0. The van der Waals surface area contributed by atoms with Gasteiger partial charge in [0.1, 0.15) is 0 Å². The third-order valence-electron chi connectivity index (χ3n) is 2.75. The number of hydrogen-bond acceptors (Lipinski definition) is 1. The van der Waals surface area contributed by atoms with Crippen LogP contribution in [0.2, 0.25) is 0 Å². The highest BCUT2D eigenvalue weighted by molar-refractivity contribution is 6.17. The molecule has 0 aliphatic heterocycles. The van der Waals surface area contributed by atoms with Gasteiger partial charge in [0.15, 0.2) is 0 Å². The molecule has 0 aliphatic rings. The summed E-state index contributed by atoms with van der Waals surface area (Å²) in [5.74, 6) is 0.674. The predicted molar refractivity (Wildman–Crippen MR) is 72.9 cm³/mol. The van der Waals surface area contributed by atoms with E-state index in [-0.39, 0.29) is 5.91 Å². The Kier molecular flexibility index (Phi) is 5.49. The highest BCUT2D eigenvalue weighted by Crippen LogP contribution is 2.16. The van der Waals surface area contributed by atoms with Crippen molar-refractivity contribution in [3.63, 3.8) is 0 Å². The largest absolute Gasteiger partial charge is 0.352 e. The zero-order chi connectivity index (χ0) is 12.8. The molecule has 1 N–H and O–H groups in total. The molecule has 0 aromatic heterocycles. The summed E-state index contributed by atoms with van der Waals surface area (Å²) in [6, 6.07) is 4.08. The topological polar surface area (TPSA) is 29.1 Å². The molecule has 0 fully saturated rings. The van der Waals surface area contributed by atoms with Crippen LogP contribution >= 0.6 is 11.6 Å². The van der Waals surface area contributed by atoms with Crippen LogP contribution in [-0.2, 0) is 0 Å². The van der Waals surface area contributed by atoms with Crippen molar-refractivity contribution in [3.05, 3.63) is 34.4 Å². The summed E-state index contributed by atoms with van der Waals surface area (Å²) in [5.41, 5.74) is 4.08. The SMILES string of the molecule is Cc1cc(C)c(C(=O)NCCCCCl)c(C)c1. The molecule has 0 saturated carbocycles. The second kappa shape index (κ2) is 6.65. The molecule has 0 radical (unpaired) electrons. The lowest BCUT2D eigenvalue weighted by atomic mass is 9.99. The van der Waals surface area contributed by atoms with Crippen LogP contribution in [0.3, 0.4) is 0 Å². The van der Waals surface area contributed by atoms with Crippen LogP contribution in [0.25, 0.3) is 0 Å². The van der Waals surface area contributed by atoms with Gasteiger partial charge in [-0.1, -0.05) is 17.7 Å². The standard InChI is InChI=1S/C14H20ClNO/c1-10-8-11(2)13(12(3)9-10)14(17)16-7-5-4-6-15/h8-9H,4-7H2,1-3H3,(H,16,17). The van der Waals surface area contributed by atoms with E-state index in [1.54, 1.807) is 0 Å². The number of carbonyl (C=O) groups is 1. The minimum Gasteiger partial charge on any atom is -0.352 e. The molecule has 0 atom stereocenters. The first kappa shape index (κ1) is 14.0. The number of unbranched alkanes of at least 4 members (excludes halogenated alkanes) is 1. The molecule has 0 heterocycles. The summed E-state index contributed by atoms with van der Waals surface area (Å²) in [6.07, 6.45) is 1.87. The van der Waals surface area contributed by atoms with Crippen molar-refractivity contribution < 1.29 is 4.79 Å². The van der Waals surface area contributed by atoms with Gasteiger partial charge < -0.3 is 5.32 Å². The first-order valence-electron chi connectivity index (χ1n) is 5.98. The number of alkyl halides is 1. The quantitative estimate of drug-likeness (QED) is 0.633. The molecule has 2 nitrogen and oxygen atoms in total. The van der Waals surface area contributed by atoms with Gasteiger partial charge in [-0.25, -0.2) is 0 Å². The van der Waals surface area contributed by atoms with Crippen LogP contribution in [0.15, 0.2) is 12.1 Å². The van der Waals surface area contributed by atoms with E-state index in [9.17, 15) is 4.79 Å². The lowest BCUT2D eigenvalue weighted by Gasteiger charge is -2.11. The van der Waals surface area contributed by atoms with Crippen LogP contribution in [-0.4, -0.2) is 18.3 Å². The van der Waals surface area contributed by atoms with Crippen LogP contribution in [0.1, 0.15) is 39.9 Å². The van der Waals surface area contributed by atoms with Gasteiger partial charge in [0, 0.05) is 18.0 Å². The highest BCUT2D eigenvalue weighted by atomic mass is 35.5. The molecule has 0 unspecified atom stereocenters. The third kappa shape index (κ3) is 4.04. The molecule has 3 heteroatoms. The molecule has 1 rings (SSSR count). The third-order valence-corrected chi connectivity index (χ3v) is 3.02. The van der Waals surface area contributed by atoms with E-state index >= 15 is 0 Å². The van der Waals surface area contributed by atoms with Crippen molar-refractivity contribution in [2.75, 3.05) is 12.4 Å². The highest BCUT2D eigenvalue weighted by Gasteiger charge is 2.11. The average molecular weight is 254 g/mol. The molecule has 0 saturated heterocycles. The van der Waals surface area contributed by atoms with Gasteiger partial charge in [0.2, 0.25) is 0 Å². The molecule has 94 valence electrons. The summed E-state index contributed by atoms with van der Waals surface area (Å²) in [4.78, 5) is 12.0. The van der Waals surface area contributed by atoms with Gasteiger partial charge in [0.05, 0.1) is 0 Å². The van der Waals surface area contributed by atoms with Gasteiger partial charge in [-0.3, -0.25) is 4.79 Å². The minimum absolute atomic E-state index is 0.0228. The van der Waals surface area contributed by atoms with Gasteiger partial charge in [-0.2, -0.15) is 0 Å². The van der Waals surface area contributed by atoms with Crippen molar-refractivity contribution in [2.24, 2.45) is 0 Å². The number of carbonyl (C=O) groups excluding carboxylic acids is 1. The van der Waals surface area contributed by atoms with E-state index < -0.39 is 0 Å². The smallest absolute Gasteiger partial charge is 0.251 e. The van der Waals surface area contributed by atoms with E-state index in [2.05, 4.69) is 5.32 Å². The van der Waals surface area contributed by atoms with Gasteiger partial charge in [-0.05, 0) is 44.7 Å². The lowest BCUT2D eigenvalue weighted by molar-refractivity contribution is 0.0952. The zero-order valence-electron chi connectivity index (χ0n) is 10.8. The first-order valence-corrected chi connectivity index (χ1v) is 6.51. The number of nitrogens with one attached hydrogen (secondary N) is 1. The summed E-state index contributed by atoms with van der Waals surface area (Å²) in [6.45, 7) is 6.70. The molecule has 0 bridgehead atoms. The predicted octanol–water partition coefficient (Wildman–Crippen LogP) is 3.36. The van der Waals surface area contributed by atoms with Crippen LogP contribution in [0.4, 0.5) is 0 Å². The van der Waals surface area contributed by atoms with E-state index in [1.807, 2.05) is 32.9 Å². The number of rotatable bonds is 5. The maximum Gasteiger partial charge on any atom is 0.251 e. The molecule has 0 spiro atoms. The van der Waals surface area contributed by atoms with Crippen LogP contribution < -0.4 is 5.32 Å². The second-order valence-electron chi connectivity index (χ2n) is 4.43. The van der Waals surface area contributed by atoms with Crippen LogP contribution in [0.5, 0.6) is 0 Å². The number of hydrogen-bond donors (Lipinski definition) is 1. The fourth-order valence-electron chi connectivity index (χ4n) is 2.05. The molecule has 0 aliphatic carbocycles. The number of amides is 1. The molecule has 17 heavy (non-hydrogen) atoms. The number of aryl methyl sites for hydroxylation is 3. The Bertz CT molecular complexity index is 378. The van der Waals surface area contributed by atoms with Crippen molar-refractivity contribution in [1.29, 1.82) is 0 Å². The van der Waals surface area contributed by atoms with E-state index in [0.29, 0.717) is 12.4 Å². The van der Waals surface area contributed by atoms with Gasteiger partial charge in [-0.15, -0.1) is 11.6 Å². The van der Waals surface area contributed by atoms with Gasteiger partial charge >= 0.3 is 0 Å². The maximum absolute atomic E-state index is 12.0. The normalized spacial score (nSPS) is 10.4. The Balaban J connectivity index is 2.69. The van der Waals surface area contributed by atoms with E-state index in [0.717, 1.165) is 29.5 Å². The molecular weight excluding hydrogens is 234 g/mol. The van der Waals surface area contributed by atoms with E-state index in [4.69, 9.17) is 11.6 Å². The molecule has 1 aromatic rings. The Labute approximate surface area is 108 Å². The summed E-state index contributed by atoms with van der Waals surface area (Å²) >= 11 is 5.59. The summed E-state index contributed by atoms with van der Waals surface area (Å²) in [5, 5.41) is 2.94.